The maximum atomic E-state index is 10.5. The van der Waals surface area contributed by atoms with Gasteiger partial charge >= 0.3 is 31.8 Å². The van der Waals surface area contributed by atoms with E-state index in [4.69, 9.17) is 19.8 Å². The predicted molar refractivity (Wildman–Crippen MR) is 69.9 cm³/mol. The van der Waals surface area contributed by atoms with Gasteiger partial charge in [0, 0.05) is 0 Å². The number of alkyl halides is 6. The molecule has 0 unspecified atom stereocenters. The number of halogens is 6. The third-order valence-electron chi connectivity index (χ3n) is 2.21. The number of hydrogen-bond acceptors (Lipinski definition) is 4. The van der Waals surface area contributed by atoms with Crippen molar-refractivity contribution in [3.8, 4) is 0 Å². The number of rotatable bonds is 1. The van der Waals surface area contributed by atoms with Crippen LogP contribution in [0.3, 0.4) is 0 Å². The Labute approximate surface area is 160 Å². The minimum atomic E-state index is -5.19. The Kier molecular flexibility index (Phi) is 17.9. The van der Waals surface area contributed by atoms with Gasteiger partial charge in [-0.25, -0.2) is 0 Å². The van der Waals surface area contributed by atoms with Crippen LogP contribution in [-0.4, -0.2) is 29.8 Å². The van der Waals surface area contributed by atoms with Crippen molar-refractivity contribution < 1.29 is 71.1 Å². The Bertz CT molecular complexity index is 366. The van der Waals surface area contributed by atoms with Crippen molar-refractivity contribution in [1.82, 2.24) is 0 Å². The fourth-order valence-electron chi connectivity index (χ4n) is 0.951. The van der Waals surface area contributed by atoms with Crippen LogP contribution in [0.2, 0.25) is 0 Å². The number of carbonyl (C=O) groups is 2. The van der Waals surface area contributed by atoms with E-state index < -0.39 is 24.3 Å². The summed E-state index contributed by atoms with van der Waals surface area (Å²) in [5, 5.41) is 17.6. The van der Waals surface area contributed by atoms with Gasteiger partial charge in [-0.3, -0.25) is 0 Å². The van der Waals surface area contributed by atoms with Crippen molar-refractivity contribution in [1.29, 1.82) is 0 Å². The van der Waals surface area contributed by atoms with Crippen LogP contribution in [0.4, 0.5) is 26.3 Å². The zero-order chi connectivity index (χ0) is 19.7. The Morgan fingerprint density at radius 3 is 1.23 bits per heavy atom. The maximum absolute atomic E-state index is 10.5. The zero-order valence-corrected chi connectivity index (χ0v) is 15.4. The van der Waals surface area contributed by atoms with Crippen LogP contribution in [0.25, 0.3) is 0 Å². The first-order valence-corrected chi connectivity index (χ1v) is 6.22. The Morgan fingerprint density at radius 1 is 0.846 bits per heavy atom. The number of hydrogen-bond donors (Lipinski definition) is 0. The molecule has 152 valence electrons. The van der Waals surface area contributed by atoms with Gasteiger partial charge in [-0.05, 0) is 43.4 Å². The summed E-state index contributed by atoms with van der Waals surface area (Å²) in [6, 6.07) is 0. The van der Waals surface area contributed by atoms with E-state index in [9.17, 15) is 26.3 Å². The van der Waals surface area contributed by atoms with Gasteiger partial charge in [0.1, 0.15) is 11.9 Å². The van der Waals surface area contributed by atoms with Gasteiger partial charge < -0.3 is 25.3 Å². The summed E-state index contributed by atoms with van der Waals surface area (Å²) in [7, 11) is 0. The normalized spacial score (nSPS) is 15.3. The quantitative estimate of drug-likeness (QED) is 0.401. The SMILES string of the molecule is C[C]1[CH][CH][C](C(C)C)[CH][CH]1.O.O=C([O-])C(F)(F)F.O=C([O-])C(F)(F)F.[Ru+2]. The van der Waals surface area contributed by atoms with Gasteiger partial charge in [0.05, 0.1) is 0 Å². The summed E-state index contributed by atoms with van der Waals surface area (Å²) in [5.41, 5.74) is 0. The van der Waals surface area contributed by atoms with Crippen LogP contribution >= 0.6 is 0 Å². The molecule has 0 bridgehead atoms. The monoisotopic (exact) mass is 480 g/mol. The molecule has 1 aliphatic rings. The first kappa shape index (κ1) is 32.7. The molecule has 5 nitrogen and oxygen atoms in total. The smallest absolute Gasteiger partial charge is 0.542 e. The second-order valence-electron chi connectivity index (χ2n) is 4.64. The van der Waals surface area contributed by atoms with Gasteiger partial charge in [0.2, 0.25) is 0 Å². The first-order chi connectivity index (χ1) is 10.6. The average molecular weight is 479 g/mol. The average Bonchev–Trinajstić information content (AvgIpc) is 2.38. The molecule has 0 saturated heterocycles. The van der Waals surface area contributed by atoms with E-state index in [0.717, 1.165) is 0 Å². The van der Waals surface area contributed by atoms with Crippen molar-refractivity contribution in [2.75, 3.05) is 0 Å². The minimum Gasteiger partial charge on any atom is -0.542 e. The molecule has 0 atom stereocenters. The van der Waals surface area contributed by atoms with Crippen LogP contribution in [-0.2, 0) is 29.1 Å². The Hall–Kier alpha value is -0.897. The van der Waals surface area contributed by atoms with Crippen LogP contribution < -0.4 is 10.2 Å². The molecule has 1 fully saturated rings. The van der Waals surface area contributed by atoms with Crippen molar-refractivity contribution in [3.63, 3.8) is 0 Å². The predicted octanol–water partition coefficient (Wildman–Crippen LogP) is 0.412. The molecule has 26 heavy (non-hydrogen) atoms. The van der Waals surface area contributed by atoms with E-state index in [2.05, 4.69) is 46.5 Å². The third kappa shape index (κ3) is 17.9. The topological polar surface area (TPSA) is 112 Å². The van der Waals surface area contributed by atoms with E-state index in [-0.39, 0.29) is 25.0 Å². The summed E-state index contributed by atoms with van der Waals surface area (Å²) in [4.78, 5) is 17.6. The molecule has 0 heterocycles. The first-order valence-electron chi connectivity index (χ1n) is 6.22. The molecular weight excluding hydrogens is 463 g/mol. The molecule has 2 N–H and O–H groups in total. The molecule has 1 rings (SSSR count). The molecule has 6 radical (unpaired) electrons. The third-order valence-corrected chi connectivity index (χ3v) is 2.21. The van der Waals surface area contributed by atoms with Crippen LogP contribution in [0, 0.1) is 43.4 Å². The van der Waals surface area contributed by atoms with Gasteiger partial charge in [0.25, 0.3) is 0 Å². The van der Waals surface area contributed by atoms with E-state index in [1.165, 1.54) is 11.8 Å². The summed E-state index contributed by atoms with van der Waals surface area (Å²) < 4.78 is 63.1. The van der Waals surface area contributed by atoms with Crippen LogP contribution in [0.15, 0.2) is 0 Å². The molecule has 0 aliphatic heterocycles. The van der Waals surface area contributed by atoms with E-state index in [1.54, 1.807) is 0 Å². The van der Waals surface area contributed by atoms with Gasteiger partial charge in [-0.1, -0.05) is 20.8 Å². The van der Waals surface area contributed by atoms with E-state index in [1.807, 2.05) is 0 Å². The van der Waals surface area contributed by atoms with Crippen LogP contribution in [0.1, 0.15) is 20.8 Å². The Morgan fingerprint density at radius 2 is 1.08 bits per heavy atom. The molecule has 0 spiro atoms. The minimum absolute atomic E-state index is 0. The summed E-state index contributed by atoms with van der Waals surface area (Å²) in [5.74, 6) is -2.60. The van der Waals surface area contributed by atoms with Crippen molar-refractivity contribution >= 4 is 11.9 Å². The molecule has 0 aromatic carbocycles. The molecule has 1 saturated carbocycles. The van der Waals surface area contributed by atoms with Crippen molar-refractivity contribution in [2.45, 2.75) is 33.1 Å². The summed E-state index contributed by atoms with van der Waals surface area (Å²) in [6.45, 7) is 6.54. The Balaban J connectivity index is -0.000000138. The number of carboxylic acids is 2. The molecule has 0 amide bonds. The molecule has 1 aliphatic carbocycles. The van der Waals surface area contributed by atoms with E-state index >= 15 is 0 Å². The largest absolute Gasteiger partial charge is 2.00 e. The molecular formula is C14H16F6O5Ru. The summed E-state index contributed by atoms with van der Waals surface area (Å²) >= 11 is 0. The molecule has 12 heteroatoms. The van der Waals surface area contributed by atoms with Gasteiger partial charge in [-0.15, -0.1) is 0 Å². The molecule has 0 aromatic heterocycles. The van der Waals surface area contributed by atoms with Crippen molar-refractivity contribution in [2.24, 2.45) is 5.92 Å². The number of aliphatic carboxylic acids is 2. The molecule has 0 aromatic rings. The van der Waals surface area contributed by atoms with Gasteiger partial charge in [-0.2, -0.15) is 26.3 Å². The number of carbonyl (C=O) groups excluding carboxylic acids is 2. The number of carboxylic acid groups (broad SMARTS) is 2. The maximum Gasteiger partial charge on any atom is 2.00 e. The van der Waals surface area contributed by atoms with Gasteiger partial charge in [0.15, 0.2) is 0 Å². The zero-order valence-electron chi connectivity index (χ0n) is 13.6. The second kappa shape index (κ2) is 14.2. The summed E-state index contributed by atoms with van der Waals surface area (Å²) in [6.07, 6.45) is -1.68. The van der Waals surface area contributed by atoms with E-state index in [0.29, 0.717) is 5.92 Å². The van der Waals surface area contributed by atoms with Crippen LogP contribution in [0.5, 0.6) is 0 Å². The second-order valence-corrected chi connectivity index (χ2v) is 4.64. The fourth-order valence-corrected chi connectivity index (χ4v) is 0.951. The standard InChI is InChI=1S/C10H14.2C2HF3O2.H2O.Ru/c1-8(2)10-6-4-9(3)5-7-10;2*3-2(4,5)1(6)7;;/h4-8H,1-3H3;2*(H,6,7);1H2;/q;;;;+2/p-2. The van der Waals surface area contributed by atoms with Crippen molar-refractivity contribution in [3.05, 3.63) is 37.5 Å². The fraction of sp³-hybridized carbons (Fsp3) is 0.429.